The number of hydrogen-bond donors (Lipinski definition) is 1. The molecule has 168 valence electrons. The molecule has 9 heteroatoms. The molecule has 0 radical (unpaired) electrons. The lowest BCUT2D eigenvalue weighted by Crippen LogP contribution is -2.37. The first kappa shape index (κ1) is 22.5. The van der Waals surface area contributed by atoms with Gasteiger partial charge in [-0.2, -0.15) is 0 Å². The standard InChI is InChI=1S/C24H20FN3O4S/c1-15-19(27-22(32-15)16-7-3-2-4-8-16)14-21(29)26-11-12-28-23(30)20(33-24(28)31)13-17-9-5-6-10-18(17)25/h2-10,13H,11-12,14H2,1H3,(H,26,29)/b20-13-. The number of carbonyl (C=O) groups is 3. The minimum absolute atomic E-state index is 0.0112. The molecule has 1 saturated heterocycles. The zero-order valence-electron chi connectivity index (χ0n) is 17.7. The topological polar surface area (TPSA) is 92.5 Å². The number of imide groups is 1. The van der Waals surface area contributed by atoms with E-state index < -0.39 is 17.0 Å². The molecular weight excluding hydrogens is 445 g/mol. The molecule has 0 aliphatic carbocycles. The first-order chi connectivity index (χ1) is 15.9. The van der Waals surface area contributed by atoms with E-state index in [1.807, 2.05) is 30.3 Å². The molecule has 33 heavy (non-hydrogen) atoms. The lowest BCUT2D eigenvalue weighted by Gasteiger charge is -2.12. The van der Waals surface area contributed by atoms with Crippen LogP contribution in [0, 0.1) is 12.7 Å². The van der Waals surface area contributed by atoms with Crippen LogP contribution < -0.4 is 5.32 Å². The third kappa shape index (κ3) is 5.20. The monoisotopic (exact) mass is 465 g/mol. The molecule has 0 saturated carbocycles. The van der Waals surface area contributed by atoms with Gasteiger partial charge in [-0.1, -0.05) is 36.4 Å². The number of thioether (sulfide) groups is 1. The average Bonchev–Trinajstić information content (AvgIpc) is 3.30. The Labute approximate surface area is 193 Å². The first-order valence-corrected chi connectivity index (χ1v) is 11.0. The molecule has 1 aliphatic heterocycles. The second-order valence-corrected chi connectivity index (χ2v) is 8.26. The Balaban J connectivity index is 1.32. The van der Waals surface area contributed by atoms with Crippen LogP contribution in [0.2, 0.25) is 0 Å². The van der Waals surface area contributed by atoms with E-state index in [0.29, 0.717) is 17.3 Å². The third-order valence-corrected chi connectivity index (χ3v) is 5.87. The van der Waals surface area contributed by atoms with Crippen LogP contribution in [0.5, 0.6) is 0 Å². The maximum atomic E-state index is 13.8. The molecule has 0 spiro atoms. The molecule has 2 heterocycles. The van der Waals surface area contributed by atoms with Gasteiger partial charge in [0.05, 0.1) is 17.0 Å². The SMILES string of the molecule is Cc1oc(-c2ccccc2)nc1CC(=O)NCCN1C(=O)S/C(=C\c2ccccc2F)C1=O. The molecule has 7 nitrogen and oxygen atoms in total. The van der Waals surface area contributed by atoms with E-state index in [1.165, 1.54) is 18.2 Å². The van der Waals surface area contributed by atoms with Gasteiger partial charge in [0.15, 0.2) is 0 Å². The normalized spacial score (nSPS) is 14.8. The average molecular weight is 466 g/mol. The summed E-state index contributed by atoms with van der Waals surface area (Å²) < 4.78 is 19.5. The number of amides is 3. The second-order valence-electron chi connectivity index (χ2n) is 7.27. The van der Waals surface area contributed by atoms with Gasteiger partial charge in [0.25, 0.3) is 11.1 Å². The number of oxazole rings is 1. The van der Waals surface area contributed by atoms with E-state index in [9.17, 15) is 18.8 Å². The summed E-state index contributed by atoms with van der Waals surface area (Å²) in [5.74, 6) is -0.305. The number of nitrogens with one attached hydrogen (secondary N) is 1. The summed E-state index contributed by atoms with van der Waals surface area (Å²) in [7, 11) is 0. The van der Waals surface area contributed by atoms with E-state index in [1.54, 1.807) is 19.1 Å². The van der Waals surface area contributed by atoms with Crippen LogP contribution in [-0.4, -0.2) is 40.0 Å². The number of rotatable bonds is 7. The van der Waals surface area contributed by atoms with E-state index in [0.717, 1.165) is 22.2 Å². The lowest BCUT2D eigenvalue weighted by molar-refractivity contribution is -0.124. The van der Waals surface area contributed by atoms with Crippen molar-refractivity contribution in [3.63, 3.8) is 0 Å². The van der Waals surface area contributed by atoms with Crippen molar-refractivity contribution in [1.82, 2.24) is 15.2 Å². The smallest absolute Gasteiger partial charge is 0.293 e. The van der Waals surface area contributed by atoms with Crippen molar-refractivity contribution >= 4 is 34.9 Å². The molecular formula is C24H20FN3O4S. The summed E-state index contributed by atoms with van der Waals surface area (Å²) in [6, 6.07) is 15.4. The van der Waals surface area contributed by atoms with Crippen molar-refractivity contribution in [3.05, 3.63) is 82.3 Å². The van der Waals surface area contributed by atoms with Gasteiger partial charge >= 0.3 is 0 Å². The van der Waals surface area contributed by atoms with Crippen molar-refractivity contribution in [1.29, 1.82) is 0 Å². The van der Waals surface area contributed by atoms with E-state index in [2.05, 4.69) is 10.3 Å². The fraction of sp³-hybridized carbons (Fsp3) is 0.167. The van der Waals surface area contributed by atoms with Gasteiger partial charge in [-0.25, -0.2) is 9.37 Å². The van der Waals surface area contributed by atoms with Crippen LogP contribution in [0.15, 0.2) is 63.9 Å². The van der Waals surface area contributed by atoms with Crippen molar-refractivity contribution < 1.29 is 23.2 Å². The fourth-order valence-electron chi connectivity index (χ4n) is 3.24. The number of carbonyl (C=O) groups excluding carboxylic acids is 3. The van der Waals surface area contributed by atoms with Gasteiger partial charge in [0.1, 0.15) is 11.6 Å². The van der Waals surface area contributed by atoms with Crippen molar-refractivity contribution in [2.24, 2.45) is 0 Å². The second kappa shape index (κ2) is 9.83. The van der Waals surface area contributed by atoms with Crippen LogP contribution in [0.25, 0.3) is 17.5 Å². The van der Waals surface area contributed by atoms with Crippen LogP contribution in [-0.2, 0) is 16.0 Å². The molecule has 1 fully saturated rings. The van der Waals surface area contributed by atoms with Crippen LogP contribution in [0.1, 0.15) is 17.0 Å². The molecule has 3 amide bonds. The molecule has 2 aromatic carbocycles. The molecule has 1 aliphatic rings. The molecule has 0 unspecified atom stereocenters. The minimum Gasteiger partial charge on any atom is -0.441 e. The minimum atomic E-state index is -0.512. The molecule has 1 aromatic heterocycles. The van der Waals surface area contributed by atoms with Crippen LogP contribution in [0.4, 0.5) is 9.18 Å². The highest BCUT2D eigenvalue weighted by molar-refractivity contribution is 8.18. The summed E-state index contributed by atoms with van der Waals surface area (Å²) in [6.45, 7) is 1.84. The Hall–Kier alpha value is -3.72. The van der Waals surface area contributed by atoms with Gasteiger partial charge in [0, 0.05) is 24.2 Å². The first-order valence-electron chi connectivity index (χ1n) is 10.2. The summed E-state index contributed by atoms with van der Waals surface area (Å²) in [5.41, 5.74) is 1.56. The van der Waals surface area contributed by atoms with Gasteiger partial charge in [-0.05, 0) is 43.0 Å². The molecule has 0 atom stereocenters. The van der Waals surface area contributed by atoms with Crippen LogP contribution >= 0.6 is 11.8 Å². The predicted molar refractivity (Wildman–Crippen MR) is 122 cm³/mol. The Kier molecular flexibility index (Phi) is 6.69. The summed E-state index contributed by atoms with van der Waals surface area (Å²) in [5, 5.41) is 2.23. The number of halogens is 1. The molecule has 3 aromatic rings. The Morgan fingerprint density at radius 2 is 1.88 bits per heavy atom. The lowest BCUT2D eigenvalue weighted by atomic mass is 10.2. The third-order valence-electron chi connectivity index (χ3n) is 4.96. The highest BCUT2D eigenvalue weighted by atomic mass is 32.2. The number of aromatic nitrogens is 1. The Morgan fingerprint density at radius 3 is 2.64 bits per heavy atom. The van der Waals surface area contributed by atoms with Crippen molar-refractivity contribution in [2.45, 2.75) is 13.3 Å². The largest absolute Gasteiger partial charge is 0.441 e. The highest BCUT2D eigenvalue weighted by Gasteiger charge is 2.34. The van der Waals surface area contributed by atoms with Gasteiger partial charge in [-0.15, -0.1) is 0 Å². The van der Waals surface area contributed by atoms with E-state index >= 15 is 0 Å². The maximum Gasteiger partial charge on any atom is 0.293 e. The number of aryl methyl sites for hydroxylation is 1. The quantitative estimate of drug-likeness (QED) is 0.526. The Bertz CT molecular complexity index is 1240. The van der Waals surface area contributed by atoms with E-state index in [-0.39, 0.29) is 35.9 Å². The molecule has 0 bridgehead atoms. The van der Waals surface area contributed by atoms with Gasteiger partial charge in [0.2, 0.25) is 11.8 Å². The summed E-state index contributed by atoms with van der Waals surface area (Å²) in [6.07, 6.45) is 1.37. The highest BCUT2D eigenvalue weighted by Crippen LogP contribution is 2.32. The summed E-state index contributed by atoms with van der Waals surface area (Å²) >= 11 is 0.746. The Morgan fingerprint density at radius 1 is 1.15 bits per heavy atom. The predicted octanol–water partition coefficient (Wildman–Crippen LogP) is 4.18. The van der Waals surface area contributed by atoms with Crippen molar-refractivity contribution in [3.8, 4) is 11.5 Å². The number of nitrogens with zero attached hydrogens (tertiary/aromatic N) is 2. The van der Waals surface area contributed by atoms with Crippen LogP contribution in [0.3, 0.4) is 0 Å². The molecule has 4 rings (SSSR count). The zero-order chi connectivity index (χ0) is 23.4. The zero-order valence-corrected chi connectivity index (χ0v) is 18.5. The fourth-order valence-corrected chi connectivity index (χ4v) is 4.10. The number of hydrogen-bond acceptors (Lipinski definition) is 6. The number of benzene rings is 2. The molecule has 1 N–H and O–H groups in total. The van der Waals surface area contributed by atoms with E-state index in [4.69, 9.17) is 4.42 Å². The van der Waals surface area contributed by atoms with Gasteiger partial charge < -0.3 is 9.73 Å². The van der Waals surface area contributed by atoms with Crippen molar-refractivity contribution in [2.75, 3.05) is 13.1 Å². The summed E-state index contributed by atoms with van der Waals surface area (Å²) in [4.78, 5) is 42.7. The maximum absolute atomic E-state index is 13.8. The van der Waals surface area contributed by atoms with Gasteiger partial charge in [-0.3, -0.25) is 19.3 Å².